The summed E-state index contributed by atoms with van der Waals surface area (Å²) in [5, 5.41) is 9.10. The first-order valence-corrected chi connectivity index (χ1v) is 8.51. The van der Waals surface area contributed by atoms with Crippen LogP contribution in [0.5, 0.6) is 0 Å². The van der Waals surface area contributed by atoms with Gasteiger partial charge < -0.3 is 10.8 Å². The van der Waals surface area contributed by atoms with Gasteiger partial charge in [0.1, 0.15) is 0 Å². The Morgan fingerprint density at radius 2 is 1.62 bits per heavy atom. The highest BCUT2D eigenvalue weighted by Crippen LogP contribution is 2.38. The Morgan fingerprint density at radius 1 is 1.12 bits per heavy atom. The number of aliphatic hydroxyl groups excluding tert-OH is 1. The first-order valence-electron chi connectivity index (χ1n) is 4.84. The van der Waals surface area contributed by atoms with Crippen molar-refractivity contribution in [2.75, 3.05) is 25.4 Å². The van der Waals surface area contributed by atoms with Gasteiger partial charge in [0.05, 0.1) is 12.6 Å². The highest BCUT2D eigenvalue weighted by atomic mass is 32.2. The molecule has 0 aliphatic carbocycles. The van der Waals surface area contributed by atoms with Gasteiger partial charge in [-0.1, -0.05) is 0 Å². The monoisotopic (exact) mass is 275 g/mol. The molecule has 0 aliphatic rings. The Bertz CT molecular complexity index is 332. The van der Waals surface area contributed by atoms with E-state index in [4.69, 9.17) is 10.8 Å². The van der Waals surface area contributed by atoms with Crippen LogP contribution in [-0.2, 0) is 0 Å². The second kappa shape index (κ2) is 6.81. The third-order valence-electron chi connectivity index (χ3n) is 2.31. The number of rotatable bonds is 5. The minimum absolute atomic E-state index is 0.0136. The maximum absolute atomic E-state index is 9.10. The first-order chi connectivity index (χ1) is 7.67. The lowest BCUT2D eigenvalue weighted by Crippen LogP contribution is -2.14. The van der Waals surface area contributed by atoms with Crippen LogP contribution >= 0.6 is 35.3 Å². The van der Waals surface area contributed by atoms with E-state index in [0.29, 0.717) is 0 Å². The summed E-state index contributed by atoms with van der Waals surface area (Å²) in [7, 11) is 0. The minimum Gasteiger partial charge on any atom is -0.394 e. The zero-order valence-corrected chi connectivity index (χ0v) is 12.1. The van der Waals surface area contributed by atoms with Crippen LogP contribution in [0.15, 0.2) is 26.8 Å². The number of benzene rings is 1. The fraction of sp³-hybridized carbons (Fsp3) is 0.455. The van der Waals surface area contributed by atoms with E-state index in [1.807, 2.05) is 0 Å². The van der Waals surface area contributed by atoms with Crippen molar-refractivity contribution in [2.24, 2.45) is 5.73 Å². The third kappa shape index (κ3) is 3.11. The highest BCUT2D eigenvalue weighted by molar-refractivity contribution is 8.03. The van der Waals surface area contributed by atoms with Crippen LogP contribution in [0.25, 0.3) is 0 Å². The van der Waals surface area contributed by atoms with Gasteiger partial charge in [0.15, 0.2) is 0 Å². The molecule has 0 spiro atoms. The van der Waals surface area contributed by atoms with Crippen LogP contribution in [-0.4, -0.2) is 30.5 Å². The van der Waals surface area contributed by atoms with E-state index < -0.39 is 0 Å². The van der Waals surface area contributed by atoms with Gasteiger partial charge in [0.25, 0.3) is 0 Å². The molecule has 0 fully saturated rings. The van der Waals surface area contributed by atoms with Gasteiger partial charge in [-0.15, -0.1) is 35.3 Å². The zero-order chi connectivity index (χ0) is 12.1. The molecule has 1 rings (SSSR count). The predicted octanol–water partition coefficient (Wildman–Crippen LogP) is 2.84. The second-order valence-electron chi connectivity index (χ2n) is 3.25. The van der Waals surface area contributed by atoms with Crippen LogP contribution in [0.4, 0.5) is 0 Å². The Balaban J connectivity index is 3.25. The SMILES string of the molecule is CSc1cc(C(N)CO)cc(SC)c1SC. The summed E-state index contributed by atoms with van der Waals surface area (Å²) in [6.07, 6.45) is 6.21. The Morgan fingerprint density at radius 3 is 1.94 bits per heavy atom. The molecule has 1 aromatic carbocycles. The molecule has 0 heterocycles. The maximum atomic E-state index is 9.10. The Kier molecular flexibility index (Phi) is 6.07. The molecule has 5 heteroatoms. The number of thioether (sulfide) groups is 3. The van der Waals surface area contributed by atoms with Gasteiger partial charge in [-0.2, -0.15) is 0 Å². The fourth-order valence-electron chi connectivity index (χ4n) is 1.42. The molecular formula is C11H17NOS3. The normalized spacial score (nSPS) is 12.8. The zero-order valence-electron chi connectivity index (χ0n) is 9.69. The van der Waals surface area contributed by atoms with E-state index in [-0.39, 0.29) is 12.6 Å². The largest absolute Gasteiger partial charge is 0.394 e. The van der Waals surface area contributed by atoms with Gasteiger partial charge in [0.2, 0.25) is 0 Å². The van der Waals surface area contributed by atoms with Gasteiger partial charge in [-0.3, -0.25) is 0 Å². The number of hydrogen-bond donors (Lipinski definition) is 2. The Hall–Kier alpha value is 0.190. The molecule has 1 aromatic rings. The van der Waals surface area contributed by atoms with Crippen molar-refractivity contribution in [1.82, 2.24) is 0 Å². The number of hydrogen-bond acceptors (Lipinski definition) is 5. The summed E-state index contributed by atoms with van der Waals surface area (Å²) < 4.78 is 0. The van der Waals surface area contributed by atoms with E-state index in [0.717, 1.165) is 5.56 Å². The molecule has 0 bridgehead atoms. The molecular weight excluding hydrogens is 258 g/mol. The molecule has 90 valence electrons. The van der Waals surface area contributed by atoms with Crippen molar-refractivity contribution < 1.29 is 5.11 Å². The lowest BCUT2D eigenvalue weighted by Gasteiger charge is -2.15. The molecule has 16 heavy (non-hydrogen) atoms. The van der Waals surface area contributed by atoms with Crippen molar-refractivity contribution in [1.29, 1.82) is 0 Å². The van der Waals surface area contributed by atoms with Crippen molar-refractivity contribution in [3.63, 3.8) is 0 Å². The van der Waals surface area contributed by atoms with E-state index in [9.17, 15) is 0 Å². The van der Waals surface area contributed by atoms with Gasteiger partial charge in [-0.05, 0) is 36.5 Å². The smallest absolute Gasteiger partial charge is 0.0624 e. The van der Waals surface area contributed by atoms with Gasteiger partial charge in [0, 0.05) is 14.7 Å². The van der Waals surface area contributed by atoms with Crippen molar-refractivity contribution in [3.05, 3.63) is 17.7 Å². The molecule has 1 unspecified atom stereocenters. The predicted molar refractivity (Wildman–Crippen MR) is 75.8 cm³/mol. The quantitative estimate of drug-likeness (QED) is 0.809. The van der Waals surface area contributed by atoms with Crippen molar-refractivity contribution in [2.45, 2.75) is 20.7 Å². The highest BCUT2D eigenvalue weighted by Gasteiger charge is 2.12. The second-order valence-corrected chi connectivity index (χ2v) is 5.76. The number of aliphatic hydroxyl groups is 1. The molecule has 0 aliphatic heterocycles. The topological polar surface area (TPSA) is 46.2 Å². The summed E-state index contributed by atoms with van der Waals surface area (Å²) in [5.41, 5.74) is 6.87. The van der Waals surface area contributed by atoms with Gasteiger partial charge in [-0.25, -0.2) is 0 Å². The van der Waals surface area contributed by atoms with E-state index in [2.05, 4.69) is 30.9 Å². The standard InChI is InChI=1S/C11H17NOS3/c1-14-9-4-7(8(12)6-13)5-10(15-2)11(9)16-3/h4-5,8,13H,6,12H2,1-3H3. The maximum Gasteiger partial charge on any atom is 0.0624 e. The van der Waals surface area contributed by atoms with E-state index in [1.54, 1.807) is 35.3 Å². The van der Waals surface area contributed by atoms with Crippen LogP contribution in [0, 0.1) is 0 Å². The average molecular weight is 275 g/mol. The third-order valence-corrected chi connectivity index (χ3v) is 4.94. The molecule has 0 aromatic heterocycles. The minimum atomic E-state index is -0.285. The Labute approximate surface area is 110 Å². The van der Waals surface area contributed by atoms with E-state index in [1.165, 1.54) is 14.7 Å². The van der Waals surface area contributed by atoms with Crippen molar-refractivity contribution >= 4 is 35.3 Å². The molecule has 0 saturated carbocycles. The fourth-order valence-corrected chi connectivity index (χ4v) is 4.10. The number of nitrogens with two attached hydrogens (primary N) is 1. The lowest BCUT2D eigenvalue weighted by molar-refractivity contribution is 0.267. The van der Waals surface area contributed by atoms with Crippen LogP contribution in [0.2, 0.25) is 0 Å². The van der Waals surface area contributed by atoms with Crippen LogP contribution in [0.1, 0.15) is 11.6 Å². The average Bonchev–Trinajstić information content (AvgIpc) is 2.35. The molecule has 3 N–H and O–H groups in total. The molecule has 0 saturated heterocycles. The molecule has 2 nitrogen and oxygen atoms in total. The molecule has 0 amide bonds. The van der Waals surface area contributed by atoms with E-state index >= 15 is 0 Å². The summed E-state index contributed by atoms with van der Waals surface area (Å²) >= 11 is 5.19. The lowest BCUT2D eigenvalue weighted by atomic mass is 10.1. The molecule has 0 radical (unpaired) electrons. The van der Waals surface area contributed by atoms with Crippen molar-refractivity contribution in [3.8, 4) is 0 Å². The van der Waals surface area contributed by atoms with Gasteiger partial charge >= 0.3 is 0 Å². The summed E-state index contributed by atoms with van der Waals surface area (Å²) in [6.45, 7) is -0.0136. The van der Waals surface area contributed by atoms with Crippen LogP contribution < -0.4 is 5.73 Å². The summed E-state index contributed by atoms with van der Waals surface area (Å²) in [6, 6.07) is 3.88. The van der Waals surface area contributed by atoms with Crippen LogP contribution in [0.3, 0.4) is 0 Å². The summed E-state index contributed by atoms with van der Waals surface area (Å²) in [4.78, 5) is 3.77. The summed E-state index contributed by atoms with van der Waals surface area (Å²) in [5.74, 6) is 0. The first kappa shape index (κ1) is 14.3. The molecule has 1 atom stereocenters.